The van der Waals surface area contributed by atoms with E-state index < -0.39 is 0 Å². The van der Waals surface area contributed by atoms with Gasteiger partial charge in [-0.25, -0.2) is 0 Å². The van der Waals surface area contributed by atoms with Crippen LogP contribution in [0, 0.1) is 0 Å². The van der Waals surface area contributed by atoms with Crippen LogP contribution in [0.25, 0.3) is 0 Å². The minimum atomic E-state index is -0.325. The highest BCUT2D eigenvalue weighted by Crippen LogP contribution is 2.24. The first-order valence-electron chi connectivity index (χ1n) is 4.64. The van der Waals surface area contributed by atoms with Gasteiger partial charge in [0.25, 0.3) is 0 Å². The summed E-state index contributed by atoms with van der Waals surface area (Å²) in [6, 6.07) is 0. The Morgan fingerprint density at radius 1 is 1.54 bits per heavy atom. The Morgan fingerprint density at radius 3 is 2.54 bits per heavy atom. The van der Waals surface area contributed by atoms with Crippen molar-refractivity contribution in [2.75, 3.05) is 0 Å². The number of ketones is 1. The van der Waals surface area contributed by atoms with Gasteiger partial charge in [0, 0.05) is 0 Å². The van der Waals surface area contributed by atoms with Crippen LogP contribution in [0.1, 0.15) is 34.1 Å². The lowest BCUT2D eigenvalue weighted by Gasteiger charge is -2.08. The maximum absolute atomic E-state index is 11.6. The molecule has 0 saturated carbocycles. The van der Waals surface area contributed by atoms with Crippen molar-refractivity contribution in [2.45, 2.75) is 46.3 Å². The molecule has 1 heterocycles. The number of carbonyl (C=O) groups excluding carboxylic acids is 1. The average Bonchev–Trinajstić information content (AvgIpc) is 2.31. The Hall–Kier alpha value is -0.990. The number of rotatable bonds is 3. The fourth-order valence-corrected chi connectivity index (χ4v) is 1.29. The Bertz CT molecular complexity index is 241. The molecule has 0 aromatic heterocycles. The first-order chi connectivity index (χ1) is 6.06. The van der Waals surface area contributed by atoms with E-state index in [2.05, 4.69) is 0 Å². The topological polar surface area (TPSA) is 35.5 Å². The number of carbonyl (C=O) groups is 1. The third-order valence-corrected chi connectivity index (χ3v) is 1.88. The molecule has 3 heteroatoms. The van der Waals surface area contributed by atoms with E-state index in [0.717, 1.165) is 0 Å². The SMILES string of the molecule is CCC1OC(C)=C(OC(C)C)C1=O. The molecule has 1 rings (SSSR count). The van der Waals surface area contributed by atoms with Crippen molar-refractivity contribution in [3.63, 3.8) is 0 Å². The van der Waals surface area contributed by atoms with Crippen molar-refractivity contribution in [1.29, 1.82) is 0 Å². The Morgan fingerprint density at radius 2 is 2.15 bits per heavy atom. The summed E-state index contributed by atoms with van der Waals surface area (Å²) < 4.78 is 10.7. The summed E-state index contributed by atoms with van der Waals surface area (Å²) in [7, 11) is 0. The second-order valence-electron chi connectivity index (χ2n) is 3.43. The molecule has 0 saturated heterocycles. The van der Waals surface area contributed by atoms with Gasteiger partial charge in [-0.15, -0.1) is 0 Å². The second kappa shape index (κ2) is 3.81. The highest BCUT2D eigenvalue weighted by atomic mass is 16.5. The Kier molecular flexibility index (Phi) is 2.96. The summed E-state index contributed by atoms with van der Waals surface area (Å²) in [6.07, 6.45) is 0.392. The molecule has 0 aromatic rings. The second-order valence-corrected chi connectivity index (χ2v) is 3.43. The fraction of sp³-hybridized carbons (Fsp3) is 0.700. The molecule has 0 fully saturated rings. The molecule has 1 aliphatic heterocycles. The van der Waals surface area contributed by atoms with E-state index in [1.54, 1.807) is 6.92 Å². The summed E-state index contributed by atoms with van der Waals surface area (Å²) in [4.78, 5) is 11.6. The van der Waals surface area contributed by atoms with Crippen LogP contribution in [0.3, 0.4) is 0 Å². The maximum atomic E-state index is 11.6. The van der Waals surface area contributed by atoms with E-state index in [0.29, 0.717) is 17.9 Å². The third-order valence-electron chi connectivity index (χ3n) is 1.88. The van der Waals surface area contributed by atoms with Gasteiger partial charge < -0.3 is 9.47 Å². The number of Topliss-reactive ketones (excluding diaryl/α,β-unsaturated/α-hetero) is 1. The summed E-state index contributed by atoms with van der Waals surface area (Å²) in [5.41, 5.74) is 0. The van der Waals surface area contributed by atoms with Gasteiger partial charge in [0.15, 0.2) is 6.10 Å². The zero-order valence-electron chi connectivity index (χ0n) is 8.59. The minimum Gasteiger partial charge on any atom is -0.484 e. The van der Waals surface area contributed by atoms with E-state index >= 15 is 0 Å². The normalized spacial score (nSPS) is 22.5. The van der Waals surface area contributed by atoms with Crippen molar-refractivity contribution in [1.82, 2.24) is 0 Å². The summed E-state index contributed by atoms with van der Waals surface area (Å²) >= 11 is 0. The van der Waals surface area contributed by atoms with Gasteiger partial charge in [0.1, 0.15) is 5.76 Å². The highest BCUT2D eigenvalue weighted by Gasteiger charge is 2.33. The zero-order valence-corrected chi connectivity index (χ0v) is 8.59. The summed E-state index contributed by atoms with van der Waals surface area (Å²) in [5.74, 6) is 1.00. The monoisotopic (exact) mass is 184 g/mol. The molecule has 1 aliphatic rings. The van der Waals surface area contributed by atoms with Crippen LogP contribution < -0.4 is 0 Å². The molecule has 0 N–H and O–H groups in total. The number of hydrogen-bond donors (Lipinski definition) is 0. The van der Waals surface area contributed by atoms with E-state index in [1.165, 1.54) is 0 Å². The minimum absolute atomic E-state index is 0.0197. The number of hydrogen-bond acceptors (Lipinski definition) is 3. The van der Waals surface area contributed by atoms with E-state index in [-0.39, 0.29) is 18.0 Å². The molecular weight excluding hydrogens is 168 g/mol. The lowest BCUT2D eigenvalue weighted by atomic mass is 10.2. The third kappa shape index (κ3) is 2.02. The molecule has 0 spiro atoms. The molecule has 0 bridgehead atoms. The Labute approximate surface area is 78.7 Å². The predicted molar refractivity (Wildman–Crippen MR) is 49.1 cm³/mol. The highest BCUT2D eigenvalue weighted by molar-refractivity contribution is 5.99. The van der Waals surface area contributed by atoms with Gasteiger partial charge >= 0.3 is 0 Å². The van der Waals surface area contributed by atoms with Crippen LogP contribution in [-0.4, -0.2) is 18.0 Å². The molecule has 0 radical (unpaired) electrons. The zero-order chi connectivity index (χ0) is 10.0. The predicted octanol–water partition coefficient (Wildman–Crippen LogP) is 2.02. The molecule has 3 nitrogen and oxygen atoms in total. The summed E-state index contributed by atoms with van der Waals surface area (Å²) in [6.45, 7) is 7.49. The van der Waals surface area contributed by atoms with Gasteiger partial charge in [0.2, 0.25) is 11.5 Å². The van der Waals surface area contributed by atoms with E-state index in [9.17, 15) is 4.79 Å². The molecule has 0 aromatic carbocycles. The molecule has 0 aliphatic carbocycles. The van der Waals surface area contributed by atoms with E-state index in [4.69, 9.17) is 9.47 Å². The number of allylic oxidation sites excluding steroid dienone is 1. The van der Waals surface area contributed by atoms with Crippen LogP contribution in [0.2, 0.25) is 0 Å². The van der Waals surface area contributed by atoms with Crippen LogP contribution in [0.4, 0.5) is 0 Å². The Balaban J connectivity index is 2.72. The van der Waals surface area contributed by atoms with Gasteiger partial charge in [-0.2, -0.15) is 0 Å². The first-order valence-corrected chi connectivity index (χ1v) is 4.64. The van der Waals surface area contributed by atoms with Crippen molar-refractivity contribution < 1.29 is 14.3 Å². The molecule has 13 heavy (non-hydrogen) atoms. The molecule has 74 valence electrons. The molecule has 1 atom stereocenters. The fourth-order valence-electron chi connectivity index (χ4n) is 1.29. The quantitative estimate of drug-likeness (QED) is 0.673. The van der Waals surface area contributed by atoms with Crippen molar-refractivity contribution in [3.05, 3.63) is 11.5 Å². The van der Waals surface area contributed by atoms with Crippen LogP contribution >= 0.6 is 0 Å². The lowest BCUT2D eigenvalue weighted by Crippen LogP contribution is -2.19. The lowest BCUT2D eigenvalue weighted by molar-refractivity contribution is -0.124. The summed E-state index contributed by atoms with van der Waals surface area (Å²) in [5, 5.41) is 0. The number of ether oxygens (including phenoxy) is 2. The molecule has 1 unspecified atom stereocenters. The van der Waals surface area contributed by atoms with Crippen molar-refractivity contribution in [2.24, 2.45) is 0 Å². The molecule has 0 amide bonds. The average molecular weight is 184 g/mol. The van der Waals surface area contributed by atoms with Gasteiger partial charge in [-0.05, 0) is 27.2 Å². The largest absolute Gasteiger partial charge is 0.484 e. The molecular formula is C10H16O3. The van der Waals surface area contributed by atoms with Crippen molar-refractivity contribution in [3.8, 4) is 0 Å². The van der Waals surface area contributed by atoms with Gasteiger partial charge in [-0.1, -0.05) is 6.92 Å². The van der Waals surface area contributed by atoms with Crippen LogP contribution in [0.5, 0.6) is 0 Å². The first kappa shape index (κ1) is 10.1. The maximum Gasteiger partial charge on any atom is 0.241 e. The smallest absolute Gasteiger partial charge is 0.241 e. The standard InChI is InChI=1S/C10H16O3/c1-5-8-9(11)10(7(4)13-8)12-6(2)3/h6,8H,5H2,1-4H3. The van der Waals surface area contributed by atoms with Crippen molar-refractivity contribution >= 4 is 5.78 Å². The van der Waals surface area contributed by atoms with Gasteiger partial charge in [-0.3, -0.25) is 4.79 Å². The van der Waals surface area contributed by atoms with Crippen LogP contribution in [0.15, 0.2) is 11.5 Å². The van der Waals surface area contributed by atoms with E-state index in [1.807, 2.05) is 20.8 Å². The van der Waals surface area contributed by atoms with Gasteiger partial charge in [0.05, 0.1) is 6.10 Å². The van der Waals surface area contributed by atoms with Crippen LogP contribution in [-0.2, 0) is 14.3 Å².